The molecule has 7 nitrogen and oxygen atoms in total. The topological polar surface area (TPSA) is 88.7 Å². The second-order valence-corrected chi connectivity index (χ2v) is 5.46. The summed E-state index contributed by atoms with van der Waals surface area (Å²) in [6, 6.07) is 1.26. The Morgan fingerprint density at radius 3 is 3.00 bits per heavy atom. The Morgan fingerprint density at radius 2 is 2.30 bits per heavy atom. The minimum atomic E-state index is -0.713. The Hall–Kier alpha value is -2.19. The number of carbonyl (C=O) groups is 1. The second kappa shape index (κ2) is 6.13. The Morgan fingerprint density at radius 1 is 1.52 bits per heavy atom. The molecule has 1 aliphatic rings. The van der Waals surface area contributed by atoms with Crippen molar-refractivity contribution in [1.82, 2.24) is 15.0 Å². The zero-order chi connectivity index (χ0) is 16.6. The highest BCUT2D eigenvalue weighted by Gasteiger charge is 2.34. The van der Waals surface area contributed by atoms with Gasteiger partial charge in [0.2, 0.25) is 0 Å². The third kappa shape index (κ3) is 2.99. The molecule has 23 heavy (non-hydrogen) atoms. The molecule has 1 saturated heterocycles. The van der Waals surface area contributed by atoms with Crippen molar-refractivity contribution < 1.29 is 23.6 Å². The first-order valence-corrected chi connectivity index (χ1v) is 7.22. The van der Waals surface area contributed by atoms with Gasteiger partial charge in [0, 0.05) is 6.54 Å². The van der Waals surface area contributed by atoms with Gasteiger partial charge in [0.15, 0.2) is 5.82 Å². The van der Waals surface area contributed by atoms with E-state index in [0.29, 0.717) is 12.4 Å². The highest BCUT2D eigenvalue weighted by atomic mass is 35.5. The molecule has 1 aromatic heterocycles. The zero-order valence-corrected chi connectivity index (χ0v) is 12.9. The summed E-state index contributed by atoms with van der Waals surface area (Å²) in [5.74, 6) is -1.13. The number of hydrogen-bond donors (Lipinski definition) is 1. The van der Waals surface area contributed by atoms with Gasteiger partial charge in [0.05, 0.1) is 23.8 Å². The normalized spacial score (nSPS) is 18.2. The van der Waals surface area contributed by atoms with Crippen molar-refractivity contribution in [1.29, 1.82) is 0 Å². The molecule has 1 aliphatic heterocycles. The number of morpholine rings is 1. The number of phenols is 1. The summed E-state index contributed by atoms with van der Waals surface area (Å²) in [6.45, 7) is 2.36. The molecule has 0 bridgehead atoms. The predicted molar refractivity (Wildman–Crippen MR) is 76.7 cm³/mol. The fourth-order valence-electron chi connectivity index (χ4n) is 2.38. The quantitative estimate of drug-likeness (QED) is 0.899. The van der Waals surface area contributed by atoms with Crippen LogP contribution in [0, 0.1) is 12.7 Å². The number of carbonyl (C=O) groups excluding carboxylic acids is 1. The maximum Gasteiger partial charge on any atom is 0.258 e. The monoisotopic (exact) mass is 341 g/mol. The Balaban J connectivity index is 1.96. The van der Waals surface area contributed by atoms with Crippen LogP contribution in [0.4, 0.5) is 4.39 Å². The molecule has 2 aromatic rings. The molecule has 2 heterocycles. The van der Waals surface area contributed by atoms with Crippen LogP contribution in [0.25, 0.3) is 0 Å². The lowest BCUT2D eigenvalue weighted by molar-refractivity contribution is -0.0120. The summed E-state index contributed by atoms with van der Waals surface area (Å²) in [5.41, 5.74) is -0.224. The summed E-state index contributed by atoms with van der Waals surface area (Å²) in [5, 5.41) is 13.4. The summed E-state index contributed by atoms with van der Waals surface area (Å²) < 4.78 is 24.0. The molecule has 0 aliphatic carbocycles. The summed E-state index contributed by atoms with van der Waals surface area (Å²) in [4.78, 5) is 18.2. The largest absolute Gasteiger partial charge is 0.506 e. The van der Waals surface area contributed by atoms with Crippen molar-refractivity contribution in [3.63, 3.8) is 0 Å². The van der Waals surface area contributed by atoms with Crippen molar-refractivity contribution >= 4 is 17.5 Å². The van der Waals surface area contributed by atoms with Gasteiger partial charge in [-0.25, -0.2) is 4.39 Å². The van der Waals surface area contributed by atoms with E-state index in [1.54, 1.807) is 6.92 Å². The Kier molecular flexibility index (Phi) is 4.18. The van der Waals surface area contributed by atoms with E-state index < -0.39 is 23.5 Å². The first kappa shape index (κ1) is 15.7. The number of phenolic OH excluding ortho intramolecular Hbond substituents is 1. The van der Waals surface area contributed by atoms with Crippen molar-refractivity contribution in [2.75, 3.05) is 19.8 Å². The number of rotatable bonds is 2. The van der Waals surface area contributed by atoms with Crippen molar-refractivity contribution in [3.05, 3.63) is 40.3 Å². The third-order valence-corrected chi connectivity index (χ3v) is 3.76. The van der Waals surface area contributed by atoms with Crippen LogP contribution in [0.1, 0.15) is 28.1 Å². The maximum atomic E-state index is 13.5. The predicted octanol–water partition coefficient (Wildman–Crippen LogP) is 2.09. The number of aromatic hydroxyl groups is 1. The molecule has 1 fully saturated rings. The highest BCUT2D eigenvalue weighted by molar-refractivity contribution is 6.32. The van der Waals surface area contributed by atoms with E-state index in [2.05, 4.69) is 10.1 Å². The second-order valence-electron chi connectivity index (χ2n) is 5.05. The SMILES string of the molecule is Cc1noc([C@H]2COCCN2C(=O)c2cc(F)cc(Cl)c2O)n1. The number of benzene rings is 1. The molecule has 1 atom stereocenters. The van der Waals surface area contributed by atoms with E-state index in [1.807, 2.05) is 0 Å². The Labute approximate surface area is 135 Å². The van der Waals surface area contributed by atoms with E-state index in [1.165, 1.54) is 4.90 Å². The number of halogens is 2. The van der Waals surface area contributed by atoms with Crippen LogP contribution in [0.5, 0.6) is 5.75 Å². The highest BCUT2D eigenvalue weighted by Crippen LogP contribution is 2.32. The standard InChI is InChI=1S/C14H13ClFN3O4/c1-7-17-13(23-18-7)11-6-22-3-2-19(11)14(21)9-4-8(16)5-10(15)12(9)20/h4-5,11,20H,2-3,6H2,1H3/t11-/m1/s1. The fourth-order valence-corrected chi connectivity index (χ4v) is 2.59. The zero-order valence-electron chi connectivity index (χ0n) is 12.1. The Bertz CT molecular complexity index is 752. The average Bonchev–Trinajstić information content (AvgIpc) is 2.96. The van der Waals surface area contributed by atoms with E-state index in [4.69, 9.17) is 20.9 Å². The molecule has 0 radical (unpaired) electrons. The van der Waals surface area contributed by atoms with Gasteiger partial charge in [-0.3, -0.25) is 4.79 Å². The van der Waals surface area contributed by atoms with Crippen LogP contribution >= 0.6 is 11.6 Å². The van der Waals surface area contributed by atoms with Crippen molar-refractivity contribution in [3.8, 4) is 5.75 Å². The molecule has 1 aromatic carbocycles. The molecular weight excluding hydrogens is 329 g/mol. The lowest BCUT2D eigenvalue weighted by Gasteiger charge is -2.33. The van der Waals surface area contributed by atoms with Gasteiger partial charge >= 0.3 is 0 Å². The molecule has 1 amide bonds. The van der Waals surface area contributed by atoms with E-state index in [9.17, 15) is 14.3 Å². The number of hydrogen-bond acceptors (Lipinski definition) is 6. The third-order valence-electron chi connectivity index (χ3n) is 3.48. The van der Waals surface area contributed by atoms with Crippen molar-refractivity contribution in [2.45, 2.75) is 13.0 Å². The minimum Gasteiger partial charge on any atom is -0.506 e. The minimum absolute atomic E-state index is 0.164. The maximum absolute atomic E-state index is 13.5. The number of aromatic nitrogens is 2. The summed E-state index contributed by atoms with van der Waals surface area (Å²) >= 11 is 5.73. The molecule has 122 valence electrons. The smallest absolute Gasteiger partial charge is 0.258 e. The van der Waals surface area contributed by atoms with Gasteiger partial charge in [0.1, 0.15) is 17.6 Å². The lowest BCUT2D eigenvalue weighted by Crippen LogP contribution is -2.43. The van der Waals surface area contributed by atoms with Gasteiger partial charge in [-0.1, -0.05) is 16.8 Å². The first-order chi connectivity index (χ1) is 11.0. The number of aryl methyl sites for hydroxylation is 1. The molecule has 0 unspecified atom stereocenters. The van der Waals surface area contributed by atoms with Gasteiger partial charge in [0.25, 0.3) is 11.8 Å². The molecule has 9 heteroatoms. The average molecular weight is 342 g/mol. The molecule has 0 spiro atoms. The van der Waals surface area contributed by atoms with Crippen molar-refractivity contribution in [2.24, 2.45) is 0 Å². The van der Waals surface area contributed by atoms with E-state index >= 15 is 0 Å². The lowest BCUT2D eigenvalue weighted by atomic mass is 10.1. The van der Waals surface area contributed by atoms with Crippen LogP contribution in [-0.2, 0) is 4.74 Å². The van der Waals surface area contributed by atoms with Gasteiger partial charge in [-0.2, -0.15) is 4.98 Å². The molecule has 1 N–H and O–H groups in total. The van der Waals surface area contributed by atoms with Crippen LogP contribution in [-0.4, -0.2) is 45.8 Å². The summed E-state index contributed by atoms with van der Waals surface area (Å²) in [6.07, 6.45) is 0. The molecule has 3 rings (SSSR count). The number of amides is 1. The van der Waals surface area contributed by atoms with Crippen LogP contribution in [0.15, 0.2) is 16.7 Å². The molecule has 0 saturated carbocycles. The molecular formula is C14H13ClFN3O4. The number of nitrogens with zero attached hydrogens (tertiary/aromatic N) is 3. The van der Waals surface area contributed by atoms with Crippen LogP contribution < -0.4 is 0 Å². The van der Waals surface area contributed by atoms with Crippen LogP contribution in [0.3, 0.4) is 0 Å². The van der Waals surface area contributed by atoms with Gasteiger partial charge in [-0.05, 0) is 19.1 Å². The van der Waals surface area contributed by atoms with Gasteiger partial charge in [-0.15, -0.1) is 0 Å². The fraction of sp³-hybridized carbons (Fsp3) is 0.357. The van der Waals surface area contributed by atoms with Gasteiger partial charge < -0.3 is 19.3 Å². The summed E-state index contributed by atoms with van der Waals surface area (Å²) in [7, 11) is 0. The first-order valence-electron chi connectivity index (χ1n) is 6.84. The van der Waals surface area contributed by atoms with E-state index in [0.717, 1.165) is 12.1 Å². The van der Waals surface area contributed by atoms with Crippen LogP contribution in [0.2, 0.25) is 5.02 Å². The number of ether oxygens (including phenoxy) is 1. The van der Waals surface area contributed by atoms with E-state index in [-0.39, 0.29) is 29.6 Å².